The van der Waals surface area contributed by atoms with Crippen LogP contribution in [-0.4, -0.2) is 27.9 Å². The van der Waals surface area contributed by atoms with Gasteiger partial charge in [0.15, 0.2) is 5.13 Å². The fraction of sp³-hybridized carbons (Fsp3) is 0.538. The molecule has 1 fully saturated rings. The van der Waals surface area contributed by atoms with Gasteiger partial charge in [-0.05, 0) is 31.7 Å². The molecule has 0 aromatic carbocycles. The number of rotatable bonds is 2. The molecular weight excluding hydrogens is 244 g/mol. The molecular formula is C13H16N4S. The van der Waals surface area contributed by atoms with Crippen molar-refractivity contribution < 1.29 is 0 Å². The van der Waals surface area contributed by atoms with E-state index in [1.165, 1.54) is 41.4 Å². The summed E-state index contributed by atoms with van der Waals surface area (Å²) in [6.07, 6.45) is 8.82. The van der Waals surface area contributed by atoms with Crippen molar-refractivity contribution in [2.24, 2.45) is 0 Å². The Morgan fingerprint density at radius 2 is 2.33 bits per heavy atom. The molecule has 0 saturated carbocycles. The first-order valence-corrected chi connectivity index (χ1v) is 7.44. The van der Waals surface area contributed by atoms with Crippen LogP contribution in [0, 0.1) is 0 Å². The summed E-state index contributed by atoms with van der Waals surface area (Å²) >= 11 is 1.90. The van der Waals surface area contributed by atoms with Crippen LogP contribution in [0.15, 0.2) is 18.5 Å². The number of thiazole rings is 1. The average Bonchev–Trinajstić information content (AvgIpc) is 3.13. The van der Waals surface area contributed by atoms with E-state index in [-0.39, 0.29) is 0 Å². The molecule has 2 aliphatic rings. The number of hydrogen-bond donors (Lipinski definition) is 0. The smallest absolute Gasteiger partial charge is 0.185 e. The van der Waals surface area contributed by atoms with Crippen LogP contribution in [0.2, 0.25) is 0 Å². The lowest BCUT2D eigenvalue weighted by Gasteiger charge is -2.15. The van der Waals surface area contributed by atoms with Crippen molar-refractivity contribution in [2.75, 3.05) is 18.0 Å². The van der Waals surface area contributed by atoms with Crippen LogP contribution in [0.4, 0.5) is 5.13 Å². The number of fused-ring (bicyclic) bond motifs is 1. The molecule has 5 heteroatoms. The van der Waals surface area contributed by atoms with Gasteiger partial charge in [0.1, 0.15) is 0 Å². The maximum Gasteiger partial charge on any atom is 0.185 e. The van der Waals surface area contributed by atoms with E-state index < -0.39 is 0 Å². The maximum absolute atomic E-state index is 4.80. The monoisotopic (exact) mass is 260 g/mol. The second-order valence-corrected chi connectivity index (χ2v) is 6.16. The minimum Gasteiger partial charge on any atom is -0.346 e. The van der Waals surface area contributed by atoms with Crippen LogP contribution in [-0.2, 0) is 12.8 Å². The maximum atomic E-state index is 4.80. The third-order valence-corrected chi connectivity index (χ3v) is 5.14. The molecule has 2 aromatic rings. The summed E-state index contributed by atoms with van der Waals surface area (Å²) in [5, 5.41) is 5.58. The standard InChI is InChI=1S/C13H16N4S/c1-3-11-12(4-1)18-13(15-11)16-8-5-10(9-16)17-7-2-6-14-17/h2,6-7,10H,1,3-5,8-9H2. The van der Waals surface area contributed by atoms with E-state index in [1.807, 2.05) is 23.6 Å². The highest BCUT2D eigenvalue weighted by atomic mass is 32.1. The molecule has 1 aliphatic heterocycles. The fourth-order valence-corrected chi connectivity index (χ4v) is 4.12. The summed E-state index contributed by atoms with van der Waals surface area (Å²) < 4.78 is 2.08. The van der Waals surface area contributed by atoms with Crippen molar-refractivity contribution in [3.63, 3.8) is 0 Å². The number of nitrogens with zero attached hydrogens (tertiary/aromatic N) is 4. The van der Waals surface area contributed by atoms with Gasteiger partial charge in [-0.3, -0.25) is 4.68 Å². The molecule has 1 unspecified atom stereocenters. The van der Waals surface area contributed by atoms with E-state index in [4.69, 9.17) is 4.98 Å². The lowest BCUT2D eigenvalue weighted by molar-refractivity contribution is 0.495. The topological polar surface area (TPSA) is 34.0 Å². The van der Waals surface area contributed by atoms with E-state index in [1.54, 1.807) is 0 Å². The van der Waals surface area contributed by atoms with Gasteiger partial charge in [-0.2, -0.15) is 5.10 Å². The highest BCUT2D eigenvalue weighted by Gasteiger charge is 2.27. The van der Waals surface area contributed by atoms with E-state index in [2.05, 4.69) is 20.9 Å². The zero-order valence-corrected chi connectivity index (χ0v) is 11.1. The van der Waals surface area contributed by atoms with Crippen LogP contribution in [0.3, 0.4) is 0 Å². The van der Waals surface area contributed by atoms with Crippen molar-refractivity contribution in [2.45, 2.75) is 31.7 Å². The van der Waals surface area contributed by atoms with Crippen molar-refractivity contribution in [3.05, 3.63) is 29.0 Å². The van der Waals surface area contributed by atoms with Gasteiger partial charge >= 0.3 is 0 Å². The Morgan fingerprint density at radius 3 is 3.17 bits per heavy atom. The van der Waals surface area contributed by atoms with Crippen molar-refractivity contribution in [1.82, 2.24) is 14.8 Å². The van der Waals surface area contributed by atoms with Crippen molar-refractivity contribution in [3.8, 4) is 0 Å². The van der Waals surface area contributed by atoms with E-state index in [9.17, 15) is 0 Å². The average molecular weight is 260 g/mol. The first-order chi connectivity index (χ1) is 8.90. The van der Waals surface area contributed by atoms with Gasteiger partial charge in [-0.1, -0.05) is 0 Å². The van der Waals surface area contributed by atoms with Crippen LogP contribution in [0.25, 0.3) is 0 Å². The number of aryl methyl sites for hydroxylation is 2. The van der Waals surface area contributed by atoms with Gasteiger partial charge < -0.3 is 4.90 Å². The molecule has 1 saturated heterocycles. The molecule has 1 aliphatic carbocycles. The van der Waals surface area contributed by atoms with Gasteiger partial charge in [-0.25, -0.2) is 4.98 Å². The Balaban J connectivity index is 1.53. The SMILES string of the molecule is c1cnn(C2CCN(c3nc4c(s3)CCC4)C2)c1. The molecule has 4 nitrogen and oxygen atoms in total. The number of aromatic nitrogens is 3. The Morgan fingerprint density at radius 1 is 1.33 bits per heavy atom. The summed E-state index contributed by atoms with van der Waals surface area (Å²) in [6.45, 7) is 2.16. The Kier molecular flexibility index (Phi) is 2.40. The zero-order chi connectivity index (χ0) is 11.9. The summed E-state index contributed by atoms with van der Waals surface area (Å²) in [7, 11) is 0. The van der Waals surface area contributed by atoms with E-state index in [0.717, 1.165) is 13.1 Å². The minimum absolute atomic E-state index is 0.513. The van der Waals surface area contributed by atoms with Gasteiger partial charge in [0.25, 0.3) is 0 Å². The predicted molar refractivity (Wildman–Crippen MR) is 72.2 cm³/mol. The summed E-state index contributed by atoms with van der Waals surface area (Å²) in [5.74, 6) is 0. The molecule has 1 atom stereocenters. The van der Waals surface area contributed by atoms with E-state index >= 15 is 0 Å². The lowest BCUT2D eigenvalue weighted by Crippen LogP contribution is -2.20. The summed E-state index contributed by atoms with van der Waals surface area (Å²) in [5.41, 5.74) is 1.36. The Labute approximate surface area is 110 Å². The largest absolute Gasteiger partial charge is 0.346 e. The zero-order valence-electron chi connectivity index (χ0n) is 10.2. The van der Waals surface area contributed by atoms with Crippen molar-refractivity contribution >= 4 is 16.5 Å². The quantitative estimate of drug-likeness (QED) is 0.830. The Bertz CT molecular complexity index is 524. The molecule has 18 heavy (non-hydrogen) atoms. The third kappa shape index (κ3) is 1.65. The van der Waals surface area contributed by atoms with Crippen LogP contribution >= 0.6 is 11.3 Å². The lowest BCUT2D eigenvalue weighted by atomic mass is 10.3. The van der Waals surface area contributed by atoms with Gasteiger partial charge in [-0.15, -0.1) is 11.3 Å². The molecule has 0 N–H and O–H groups in total. The van der Waals surface area contributed by atoms with Crippen molar-refractivity contribution in [1.29, 1.82) is 0 Å². The van der Waals surface area contributed by atoms with Gasteiger partial charge in [0, 0.05) is 30.4 Å². The first kappa shape index (κ1) is 10.6. The second kappa shape index (κ2) is 4.09. The number of anilines is 1. The van der Waals surface area contributed by atoms with Gasteiger partial charge in [0.05, 0.1) is 11.7 Å². The fourth-order valence-electron chi connectivity index (χ4n) is 2.94. The highest BCUT2D eigenvalue weighted by molar-refractivity contribution is 7.15. The Hall–Kier alpha value is -1.36. The summed E-state index contributed by atoms with van der Waals surface area (Å²) in [4.78, 5) is 8.75. The molecule has 2 aromatic heterocycles. The molecule has 0 spiro atoms. The van der Waals surface area contributed by atoms with Crippen LogP contribution < -0.4 is 4.90 Å². The van der Waals surface area contributed by atoms with Crippen LogP contribution in [0.1, 0.15) is 29.5 Å². The predicted octanol–water partition coefficient (Wildman–Crippen LogP) is 2.28. The molecule has 94 valence electrons. The van der Waals surface area contributed by atoms with Gasteiger partial charge in [0.2, 0.25) is 0 Å². The molecule has 0 amide bonds. The molecule has 0 radical (unpaired) electrons. The minimum atomic E-state index is 0.513. The highest BCUT2D eigenvalue weighted by Crippen LogP contribution is 2.35. The summed E-state index contributed by atoms with van der Waals surface area (Å²) in [6, 6.07) is 2.51. The van der Waals surface area contributed by atoms with Crippen LogP contribution in [0.5, 0.6) is 0 Å². The molecule has 0 bridgehead atoms. The number of hydrogen-bond acceptors (Lipinski definition) is 4. The second-order valence-electron chi connectivity index (χ2n) is 5.09. The normalized spacial score (nSPS) is 22.7. The first-order valence-electron chi connectivity index (χ1n) is 6.63. The molecule has 4 rings (SSSR count). The van der Waals surface area contributed by atoms with E-state index in [0.29, 0.717) is 6.04 Å². The third-order valence-electron chi connectivity index (χ3n) is 3.92. The molecule has 3 heterocycles.